The summed E-state index contributed by atoms with van der Waals surface area (Å²) in [6, 6.07) is 0. The normalized spacial score (nSPS) is 9.31. The maximum Gasteiger partial charge on any atom is 0.281 e. The molecule has 2 N–H and O–H groups in total. The Morgan fingerprint density at radius 1 is 1.77 bits per heavy atom. The molecule has 0 bridgehead atoms. The molecule has 6 heteroatoms. The van der Waals surface area contributed by atoms with Gasteiger partial charge in [-0.15, -0.1) is 11.3 Å². The Labute approximate surface area is 79.1 Å². The Hall–Kier alpha value is -1.43. The van der Waals surface area contributed by atoms with Gasteiger partial charge < -0.3 is 0 Å². The SMILES string of the molecule is CCc1ncsc1C(=O)NNC=O. The molecule has 0 aliphatic carbocycles. The van der Waals surface area contributed by atoms with Crippen molar-refractivity contribution in [2.24, 2.45) is 0 Å². The van der Waals surface area contributed by atoms with E-state index in [4.69, 9.17) is 0 Å². The number of carbonyl (C=O) groups excluding carboxylic acids is 2. The van der Waals surface area contributed by atoms with Crippen molar-refractivity contribution in [2.75, 3.05) is 0 Å². The van der Waals surface area contributed by atoms with Crippen molar-refractivity contribution < 1.29 is 9.59 Å². The first kappa shape index (κ1) is 9.66. The summed E-state index contributed by atoms with van der Waals surface area (Å²) in [4.78, 5) is 25.7. The highest BCUT2D eigenvalue weighted by Crippen LogP contribution is 2.12. The average Bonchev–Trinajstić information content (AvgIpc) is 2.61. The summed E-state index contributed by atoms with van der Waals surface area (Å²) in [7, 11) is 0. The number of amides is 2. The fourth-order valence-electron chi connectivity index (χ4n) is 0.858. The van der Waals surface area contributed by atoms with Crippen molar-refractivity contribution in [2.45, 2.75) is 13.3 Å². The van der Waals surface area contributed by atoms with Crippen LogP contribution in [0.2, 0.25) is 0 Å². The first-order chi connectivity index (χ1) is 6.29. The zero-order chi connectivity index (χ0) is 9.68. The van der Waals surface area contributed by atoms with E-state index in [-0.39, 0.29) is 5.91 Å². The summed E-state index contributed by atoms with van der Waals surface area (Å²) in [6.45, 7) is 1.92. The molecule has 1 heterocycles. The number of nitrogens with zero attached hydrogens (tertiary/aromatic N) is 1. The smallest absolute Gasteiger partial charge is 0.277 e. The number of nitrogens with one attached hydrogen (secondary N) is 2. The summed E-state index contributed by atoms with van der Waals surface area (Å²) in [6.07, 6.45) is 1.11. The van der Waals surface area contributed by atoms with E-state index in [0.29, 0.717) is 17.7 Å². The van der Waals surface area contributed by atoms with Crippen molar-refractivity contribution in [1.29, 1.82) is 0 Å². The van der Waals surface area contributed by atoms with Gasteiger partial charge in [-0.2, -0.15) is 0 Å². The third-order valence-electron chi connectivity index (χ3n) is 1.43. The molecule has 0 saturated carbocycles. The predicted molar refractivity (Wildman–Crippen MR) is 48.2 cm³/mol. The summed E-state index contributed by atoms with van der Waals surface area (Å²) < 4.78 is 0. The van der Waals surface area contributed by atoms with Crippen molar-refractivity contribution in [3.63, 3.8) is 0 Å². The Bertz CT molecular complexity index is 310. The Kier molecular flexibility index (Phi) is 3.39. The molecule has 1 aromatic rings. The van der Waals surface area contributed by atoms with Crippen LogP contribution in [0.25, 0.3) is 0 Å². The topological polar surface area (TPSA) is 71.1 Å². The second kappa shape index (κ2) is 4.56. The van der Waals surface area contributed by atoms with Gasteiger partial charge in [-0.3, -0.25) is 20.4 Å². The average molecular weight is 199 g/mol. The van der Waals surface area contributed by atoms with Gasteiger partial charge in [0.05, 0.1) is 11.2 Å². The standard InChI is InChI=1S/C7H9N3O2S/c1-2-5-6(13-4-8-5)7(12)10-9-3-11/h3-4H,2H2,1H3,(H,9,11)(H,10,12). The van der Waals surface area contributed by atoms with Crippen LogP contribution >= 0.6 is 11.3 Å². The molecule has 0 saturated heterocycles. The van der Waals surface area contributed by atoms with Gasteiger partial charge in [-0.05, 0) is 6.42 Å². The van der Waals surface area contributed by atoms with Crippen LogP contribution < -0.4 is 10.9 Å². The van der Waals surface area contributed by atoms with Gasteiger partial charge in [0.25, 0.3) is 5.91 Å². The first-order valence-electron chi connectivity index (χ1n) is 3.71. The zero-order valence-corrected chi connectivity index (χ0v) is 7.85. The number of rotatable bonds is 4. The number of thiazole rings is 1. The van der Waals surface area contributed by atoms with E-state index >= 15 is 0 Å². The third kappa shape index (κ3) is 2.25. The van der Waals surface area contributed by atoms with Gasteiger partial charge in [-0.25, -0.2) is 4.98 Å². The van der Waals surface area contributed by atoms with E-state index in [1.807, 2.05) is 6.92 Å². The largest absolute Gasteiger partial charge is 0.281 e. The molecule has 5 nitrogen and oxygen atoms in total. The molecule has 13 heavy (non-hydrogen) atoms. The molecule has 0 aliphatic heterocycles. The van der Waals surface area contributed by atoms with Gasteiger partial charge >= 0.3 is 0 Å². The lowest BCUT2D eigenvalue weighted by Crippen LogP contribution is -2.36. The molecule has 0 radical (unpaired) electrons. The quantitative estimate of drug-likeness (QED) is 0.533. The molecular formula is C7H9N3O2S. The Morgan fingerprint density at radius 2 is 2.54 bits per heavy atom. The molecule has 2 amide bonds. The predicted octanol–water partition coefficient (Wildman–Crippen LogP) is 0.0963. The van der Waals surface area contributed by atoms with Crippen LogP contribution in [0.3, 0.4) is 0 Å². The highest BCUT2D eigenvalue weighted by Gasteiger charge is 2.12. The monoisotopic (exact) mass is 199 g/mol. The van der Waals surface area contributed by atoms with E-state index in [9.17, 15) is 9.59 Å². The highest BCUT2D eigenvalue weighted by atomic mass is 32.1. The second-order valence-corrected chi connectivity index (χ2v) is 3.05. The maximum absolute atomic E-state index is 11.3. The highest BCUT2D eigenvalue weighted by molar-refractivity contribution is 7.11. The van der Waals surface area contributed by atoms with Gasteiger partial charge in [0.2, 0.25) is 6.41 Å². The van der Waals surface area contributed by atoms with Crippen LogP contribution in [0.15, 0.2) is 5.51 Å². The minimum absolute atomic E-state index is 0.327. The van der Waals surface area contributed by atoms with Crippen molar-refractivity contribution >= 4 is 23.7 Å². The lowest BCUT2D eigenvalue weighted by atomic mass is 10.3. The van der Waals surface area contributed by atoms with Crippen molar-refractivity contribution in [3.05, 3.63) is 16.1 Å². The zero-order valence-electron chi connectivity index (χ0n) is 7.03. The molecule has 1 rings (SSSR count). The Morgan fingerprint density at radius 3 is 3.15 bits per heavy atom. The fraction of sp³-hybridized carbons (Fsp3) is 0.286. The maximum atomic E-state index is 11.3. The lowest BCUT2D eigenvalue weighted by Gasteiger charge is -2.00. The first-order valence-corrected chi connectivity index (χ1v) is 4.59. The van der Waals surface area contributed by atoms with E-state index in [1.54, 1.807) is 5.51 Å². The third-order valence-corrected chi connectivity index (χ3v) is 2.29. The minimum Gasteiger partial charge on any atom is -0.277 e. The van der Waals surface area contributed by atoms with Gasteiger partial charge in [-0.1, -0.05) is 6.92 Å². The molecule has 0 spiro atoms. The van der Waals surface area contributed by atoms with E-state index < -0.39 is 0 Å². The molecular weight excluding hydrogens is 190 g/mol. The van der Waals surface area contributed by atoms with Gasteiger partial charge in [0, 0.05) is 0 Å². The summed E-state index contributed by atoms with van der Waals surface area (Å²) in [5, 5.41) is 0. The van der Waals surface area contributed by atoms with Crippen molar-refractivity contribution in [3.8, 4) is 0 Å². The molecule has 1 aromatic heterocycles. The molecule has 0 aliphatic rings. The second-order valence-electron chi connectivity index (χ2n) is 2.20. The number of carbonyl (C=O) groups is 2. The molecule has 0 aromatic carbocycles. The van der Waals surface area contributed by atoms with Crippen LogP contribution in [-0.4, -0.2) is 17.3 Å². The van der Waals surface area contributed by atoms with Crippen LogP contribution in [0.4, 0.5) is 0 Å². The summed E-state index contributed by atoms with van der Waals surface area (Å²) in [5.41, 5.74) is 6.66. The molecule has 0 atom stereocenters. The summed E-state index contributed by atoms with van der Waals surface area (Å²) >= 11 is 1.25. The van der Waals surface area contributed by atoms with E-state index in [0.717, 1.165) is 5.69 Å². The number of aromatic nitrogens is 1. The van der Waals surface area contributed by atoms with Crippen LogP contribution in [-0.2, 0) is 11.2 Å². The van der Waals surface area contributed by atoms with Crippen LogP contribution in [0.5, 0.6) is 0 Å². The number of hydrogen-bond donors (Lipinski definition) is 2. The van der Waals surface area contributed by atoms with E-state index in [1.165, 1.54) is 11.3 Å². The molecule has 70 valence electrons. The number of hydrazine groups is 1. The van der Waals surface area contributed by atoms with Gasteiger partial charge in [0.1, 0.15) is 4.88 Å². The van der Waals surface area contributed by atoms with Gasteiger partial charge in [0.15, 0.2) is 0 Å². The number of hydrogen-bond acceptors (Lipinski definition) is 4. The van der Waals surface area contributed by atoms with Crippen molar-refractivity contribution in [1.82, 2.24) is 15.8 Å². The van der Waals surface area contributed by atoms with Crippen LogP contribution in [0.1, 0.15) is 22.3 Å². The minimum atomic E-state index is -0.327. The molecule has 0 unspecified atom stereocenters. The fourth-order valence-corrected chi connectivity index (χ4v) is 1.63. The van der Waals surface area contributed by atoms with Crippen LogP contribution in [0, 0.1) is 0 Å². The molecule has 0 fully saturated rings. The van der Waals surface area contributed by atoms with E-state index in [2.05, 4.69) is 15.8 Å². The number of aryl methyl sites for hydroxylation is 1. The Balaban J connectivity index is 2.70. The lowest BCUT2D eigenvalue weighted by molar-refractivity contribution is -0.110. The summed E-state index contributed by atoms with van der Waals surface area (Å²) in [5.74, 6) is -0.327.